The zero-order chi connectivity index (χ0) is 14.9. The summed E-state index contributed by atoms with van der Waals surface area (Å²) in [7, 11) is 6.04. The van der Waals surface area contributed by atoms with Crippen molar-refractivity contribution in [2.75, 3.05) is 27.7 Å². The van der Waals surface area contributed by atoms with E-state index in [1.165, 1.54) is 17.8 Å². The fourth-order valence-electron chi connectivity index (χ4n) is 2.64. The highest BCUT2D eigenvalue weighted by Gasteiger charge is 2.40. The normalized spacial score (nSPS) is 18.7. The Morgan fingerprint density at radius 2 is 2.15 bits per heavy atom. The summed E-state index contributed by atoms with van der Waals surface area (Å²) < 4.78 is 0. The van der Waals surface area contributed by atoms with Crippen LogP contribution >= 0.6 is 11.3 Å². The molecule has 2 N–H and O–H groups in total. The molecule has 1 aromatic heterocycles. The zero-order valence-electron chi connectivity index (χ0n) is 12.7. The summed E-state index contributed by atoms with van der Waals surface area (Å²) in [5.74, 6) is -0.0127. The maximum Gasteiger partial charge on any atom is 0.273 e. The van der Waals surface area contributed by atoms with E-state index in [2.05, 4.69) is 24.0 Å². The lowest BCUT2D eigenvalue weighted by Gasteiger charge is -2.49. The molecule has 1 fully saturated rings. The summed E-state index contributed by atoms with van der Waals surface area (Å²) in [6.45, 7) is 2.63. The van der Waals surface area contributed by atoms with Crippen LogP contribution in [0.4, 0.5) is 0 Å². The molecule has 20 heavy (non-hydrogen) atoms. The molecule has 0 aliphatic heterocycles. The Labute approximate surface area is 124 Å². The molecule has 1 heterocycles. The number of thiazole rings is 1. The summed E-state index contributed by atoms with van der Waals surface area (Å²) >= 11 is 1.45. The standard InChI is InChI=1S/C14H24N4OS/c1-10(15)12-16-11(8-20-12)13(19)18(4)9-14(17(2)3)6-5-7-14/h8,10H,5-7,9,15H2,1-4H3. The summed E-state index contributed by atoms with van der Waals surface area (Å²) in [4.78, 5) is 20.8. The summed E-state index contributed by atoms with van der Waals surface area (Å²) in [5, 5.41) is 2.62. The third-order valence-corrected chi connectivity index (χ3v) is 5.29. The van der Waals surface area contributed by atoms with E-state index in [1.54, 1.807) is 10.3 Å². The average Bonchev–Trinajstić information content (AvgIpc) is 2.81. The number of carbonyl (C=O) groups excluding carboxylic acids is 1. The second kappa shape index (κ2) is 5.79. The Morgan fingerprint density at radius 1 is 1.50 bits per heavy atom. The minimum Gasteiger partial charge on any atom is -0.338 e. The molecule has 1 saturated carbocycles. The highest BCUT2D eigenvalue weighted by Crippen LogP contribution is 2.36. The van der Waals surface area contributed by atoms with Gasteiger partial charge in [0.05, 0.1) is 6.04 Å². The molecule has 0 bridgehead atoms. The van der Waals surface area contributed by atoms with E-state index in [0.717, 1.165) is 24.4 Å². The fourth-order valence-corrected chi connectivity index (χ4v) is 3.39. The van der Waals surface area contributed by atoms with E-state index in [1.807, 2.05) is 14.0 Å². The van der Waals surface area contributed by atoms with Crippen LogP contribution in [0, 0.1) is 0 Å². The van der Waals surface area contributed by atoms with Gasteiger partial charge >= 0.3 is 0 Å². The molecule has 2 rings (SSSR count). The van der Waals surface area contributed by atoms with Gasteiger partial charge in [-0.3, -0.25) is 4.79 Å². The first kappa shape index (κ1) is 15.4. The van der Waals surface area contributed by atoms with E-state index in [-0.39, 0.29) is 17.5 Å². The molecule has 1 amide bonds. The maximum absolute atomic E-state index is 12.4. The topological polar surface area (TPSA) is 62.5 Å². The molecule has 1 aromatic rings. The van der Waals surface area contributed by atoms with Gasteiger partial charge in [-0.05, 0) is 40.3 Å². The first-order valence-corrected chi connectivity index (χ1v) is 7.87. The number of likely N-dealkylation sites (N-methyl/N-ethyl adjacent to an activating group) is 2. The Kier molecular flexibility index (Phi) is 4.46. The molecule has 112 valence electrons. The van der Waals surface area contributed by atoms with Crippen LogP contribution in [0.1, 0.15) is 47.7 Å². The first-order chi connectivity index (χ1) is 9.35. The van der Waals surface area contributed by atoms with Crippen molar-refractivity contribution in [3.05, 3.63) is 16.1 Å². The van der Waals surface area contributed by atoms with E-state index in [9.17, 15) is 4.79 Å². The lowest BCUT2D eigenvalue weighted by Crippen LogP contribution is -2.57. The third kappa shape index (κ3) is 2.87. The van der Waals surface area contributed by atoms with Gasteiger partial charge in [-0.2, -0.15) is 0 Å². The van der Waals surface area contributed by atoms with Crippen molar-refractivity contribution in [3.63, 3.8) is 0 Å². The summed E-state index contributed by atoms with van der Waals surface area (Å²) in [6, 6.07) is -0.119. The first-order valence-electron chi connectivity index (χ1n) is 6.99. The van der Waals surface area contributed by atoms with Gasteiger partial charge in [-0.1, -0.05) is 0 Å². The van der Waals surface area contributed by atoms with Crippen LogP contribution < -0.4 is 5.73 Å². The van der Waals surface area contributed by atoms with Crippen LogP contribution in [0.25, 0.3) is 0 Å². The average molecular weight is 296 g/mol. The molecule has 6 heteroatoms. The van der Waals surface area contributed by atoms with Gasteiger partial charge in [0.15, 0.2) is 0 Å². The minimum absolute atomic E-state index is 0.0127. The number of hydrogen-bond acceptors (Lipinski definition) is 5. The van der Waals surface area contributed by atoms with Crippen molar-refractivity contribution in [2.24, 2.45) is 5.73 Å². The lowest BCUT2D eigenvalue weighted by molar-refractivity contribution is 0.0250. The van der Waals surface area contributed by atoms with Crippen LogP contribution in [0.3, 0.4) is 0 Å². The lowest BCUT2D eigenvalue weighted by atomic mass is 9.75. The molecule has 1 aliphatic carbocycles. The Bertz CT molecular complexity index is 479. The number of hydrogen-bond donors (Lipinski definition) is 1. The van der Waals surface area contributed by atoms with E-state index < -0.39 is 0 Å². The number of aromatic nitrogens is 1. The van der Waals surface area contributed by atoms with Crippen LogP contribution in [0.15, 0.2) is 5.38 Å². The quantitative estimate of drug-likeness (QED) is 0.898. The molecule has 0 saturated heterocycles. The van der Waals surface area contributed by atoms with Gasteiger partial charge in [-0.25, -0.2) is 4.98 Å². The van der Waals surface area contributed by atoms with Crippen molar-refractivity contribution in [1.29, 1.82) is 0 Å². The maximum atomic E-state index is 12.4. The fraction of sp³-hybridized carbons (Fsp3) is 0.714. The molecule has 1 unspecified atom stereocenters. The number of nitrogens with zero attached hydrogens (tertiary/aromatic N) is 3. The number of carbonyl (C=O) groups is 1. The van der Waals surface area contributed by atoms with Crippen molar-refractivity contribution in [3.8, 4) is 0 Å². The second-order valence-electron chi connectivity index (χ2n) is 5.99. The van der Waals surface area contributed by atoms with E-state index in [4.69, 9.17) is 5.73 Å². The molecule has 0 spiro atoms. The van der Waals surface area contributed by atoms with Crippen LogP contribution in [0.5, 0.6) is 0 Å². The van der Waals surface area contributed by atoms with E-state index >= 15 is 0 Å². The van der Waals surface area contributed by atoms with Gasteiger partial charge in [0.1, 0.15) is 10.7 Å². The number of nitrogens with two attached hydrogens (primary N) is 1. The van der Waals surface area contributed by atoms with Crippen LogP contribution in [-0.4, -0.2) is 53.9 Å². The SMILES string of the molecule is CC(N)c1nc(C(=O)N(C)CC2(N(C)C)CCC2)cs1. The molecule has 1 aliphatic rings. The minimum atomic E-state index is -0.119. The number of amides is 1. The number of rotatable bonds is 5. The summed E-state index contributed by atoms with van der Waals surface area (Å²) in [6.07, 6.45) is 3.55. The second-order valence-corrected chi connectivity index (χ2v) is 6.88. The zero-order valence-corrected chi connectivity index (χ0v) is 13.5. The largest absolute Gasteiger partial charge is 0.338 e. The van der Waals surface area contributed by atoms with Crippen molar-refractivity contribution < 1.29 is 4.79 Å². The van der Waals surface area contributed by atoms with Crippen molar-refractivity contribution in [2.45, 2.75) is 37.8 Å². The van der Waals surface area contributed by atoms with Crippen LogP contribution in [0.2, 0.25) is 0 Å². The molecule has 0 aromatic carbocycles. The predicted octanol–water partition coefficient (Wildman–Crippen LogP) is 1.72. The molecule has 0 radical (unpaired) electrons. The van der Waals surface area contributed by atoms with Gasteiger partial charge in [0.2, 0.25) is 0 Å². The van der Waals surface area contributed by atoms with Gasteiger partial charge in [0, 0.05) is 24.5 Å². The van der Waals surface area contributed by atoms with Crippen molar-refractivity contribution in [1.82, 2.24) is 14.8 Å². The van der Waals surface area contributed by atoms with Gasteiger partial charge in [-0.15, -0.1) is 11.3 Å². The van der Waals surface area contributed by atoms with Gasteiger partial charge < -0.3 is 15.5 Å². The highest BCUT2D eigenvalue weighted by atomic mass is 32.1. The Morgan fingerprint density at radius 3 is 2.55 bits per heavy atom. The van der Waals surface area contributed by atoms with Crippen LogP contribution in [-0.2, 0) is 0 Å². The molecule has 5 nitrogen and oxygen atoms in total. The van der Waals surface area contributed by atoms with Crippen molar-refractivity contribution >= 4 is 17.2 Å². The van der Waals surface area contributed by atoms with Gasteiger partial charge in [0.25, 0.3) is 5.91 Å². The predicted molar refractivity (Wildman–Crippen MR) is 81.9 cm³/mol. The molecule has 1 atom stereocenters. The Balaban J connectivity index is 2.04. The summed E-state index contributed by atoms with van der Waals surface area (Å²) in [5.41, 5.74) is 6.45. The van der Waals surface area contributed by atoms with E-state index in [0.29, 0.717) is 5.69 Å². The third-order valence-electron chi connectivity index (χ3n) is 4.24. The molecular weight excluding hydrogens is 272 g/mol. The smallest absolute Gasteiger partial charge is 0.273 e. The Hall–Kier alpha value is -0.980. The highest BCUT2D eigenvalue weighted by molar-refractivity contribution is 7.09. The molecular formula is C14H24N4OS. The monoisotopic (exact) mass is 296 g/mol.